The number of terminal acetylenes is 1. The normalized spacial score (nSPS) is 15.5. The van der Waals surface area contributed by atoms with Crippen molar-refractivity contribution in [3.63, 3.8) is 0 Å². The van der Waals surface area contributed by atoms with Crippen molar-refractivity contribution in [2.45, 2.75) is 6.42 Å². The van der Waals surface area contributed by atoms with E-state index in [2.05, 4.69) is 27.7 Å². The second-order valence-electron chi connectivity index (χ2n) is 6.13. The maximum atomic E-state index is 12.3. The van der Waals surface area contributed by atoms with Crippen LogP contribution in [0.1, 0.15) is 16.8 Å². The minimum Gasteiger partial charge on any atom is -0.341 e. The highest BCUT2D eigenvalue weighted by molar-refractivity contribution is 7.19. The van der Waals surface area contributed by atoms with E-state index >= 15 is 0 Å². The van der Waals surface area contributed by atoms with Crippen LogP contribution in [0.2, 0.25) is 5.02 Å². The van der Waals surface area contributed by atoms with E-state index in [4.69, 9.17) is 23.3 Å². The third-order valence-electron chi connectivity index (χ3n) is 4.28. The number of anilines is 1. The number of thiazole rings is 1. The first-order valence-electron chi connectivity index (χ1n) is 8.44. The molecule has 0 bridgehead atoms. The minimum absolute atomic E-state index is 0.112. The van der Waals surface area contributed by atoms with Crippen LogP contribution in [0.5, 0.6) is 0 Å². The predicted octanol–water partition coefficient (Wildman–Crippen LogP) is 2.57. The lowest BCUT2D eigenvalue weighted by Crippen LogP contribution is -2.25. The summed E-state index contributed by atoms with van der Waals surface area (Å²) in [5.41, 5.74) is 1.07. The van der Waals surface area contributed by atoms with Crippen molar-refractivity contribution in [2.24, 2.45) is 5.92 Å². The molecule has 0 radical (unpaired) electrons. The maximum absolute atomic E-state index is 12.3. The highest BCUT2D eigenvalue weighted by atomic mass is 35.5. The molecule has 1 atom stereocenters. The number of carbonyl (C=O) groups excluding carboxylic acids is 2. The fraction of sp³-hybridized carbons (Fsp3) is 0.263. The van der Waals surface area contributed by atoms with Crippen LogP contribution in [0.3, 0.4) is 0 Å². The van der Waals surface area contributed by atoms with Gasteiger partial charge in [-0.05, 0) is 24.1 Å². The lowest BCUT2D eigenvalue weighted by atomic mass is 10.1. The molecule has 1 aromatic heterocycles. The van der Waals surface area contributed by atoms with E-state index < -0.39 is 0 Å². The Balaban J connectivity index is 1.72. The Morgan fingerprint density at radius 3 is 3.00 bits per heavy atom. The van der Waals surface area contributed by atoms with E-state index in [0.717, 1.165) is 10.4 Å². The molecule has 1 aromatic carbocycles. The van der Waals surface area contributed by atoms with Crippen LogP contribution >= 0.6 is 22.9 Å². The molecule has 28 heavy (non-hydrogen) atoms. The van der Waals surface area contributed by atoms with Crippen molar-refractivity contribution in [3.05, 3.63) is 35.0 Å². The van der Waals surface area contributed by atoms with Crippen molar-refractivity contribution in [2.75, 3.05) is 25.0 Å². The molecular weight excluding hydrogens is 398 g/mol. The fourth-order valence-corrected chi connectivity index (χ4v) is 3.84. The first kappa shape index (κ1) is 19.7. The average Bonchev–Trinajstić information content (AvgIpc) is 3.36. The number of amides is 2. The SMILES string of the molecule is C#CCNC(=O)c1cc(-c2cnc(NC(=O)C3CCN(C#N)C3)s2)ccc1Cl. The first-order valence-corrected chi connectivity index (χ1v) is 9.64. The molecule has 2 aromatic rings. The molecule has 0 spiro atoms. The lowest BCUT2D eigenvalue weighted by molar-refractivity contribution is -0.119. The van der Waals surface area contributed by atoms with Crippen LogP contribution < -0.4 is 10.6 Å². The summed E-state index contributed by atoms with van der Waals surface area (Å²) < 4.78 is 0. The first-order chi connectivity index (χ1) is 13.5. The summed E-state index contributed by atoms with van der Waals surface area (Å²) in [6.45, 7) is 1.13. The van der Waals surface area contributed by atoms with Crippen molar-refractivity contribution < 1.29 is 9.59 Å². The third kappa shape index (κ3) is 4.42. The molecule has 2 amide bonds. The van der Waals surface area contributed by atoms with E-state index in [9.17, 15) is 9.59 Å². The Bertz CT molecular complexity index is 991. The second-order valence-corrected chi connectivity index (χ2v) is 7.57. The number of nitriles is 1. The summed E-state index contributed by atoms with van der Waals surface area (Å²) in [5, 5.41) is 15.1. The molecule has 9 heteroatoms. The molecule has 2 heterocycles. The summed E-state index contributed by atoms with van der Waals surface area (Å²) in [6.07, 6.45) is 9.49. The topological polar surface area (TPSA) is 98.1 Å². The van der Waals surface area contributed by atoms with Crippen molar-refractivity contribution >= 4 is 39.9 Å². The Labute approximate surface area is 171 Å². The van der Waals surface area contributed by atoms with Crippen LogP contribution in [0.4, 0.5) is 5.13 Å². The van der Waals surface area contributed by atoms with Gasteiger partial charge in [-0.25, -0.2) is 4.98 Å². The molecule has 1 unspecified atom stereocenters. The van der Waals surface area contributed by atoms with E-state index in [-0.39, 0.29) is 24.3 Å². The van der Waals surface area contributed by atoms with Gasteiger partial charge in [0.15, 0.2) is 11.3 Å². The van der Waals surface area contributed by atoms with Gasteiger partial charge in [0, 0.05) is 19.3 Å². The molecule has 7 nitrogen and oxygen atoms in total. The molecule has 1 saturated heterocycles. The van der Waals surface area contributed by atoms with E-state index in [0.29, 0.717) is 35.2 Å². The molecule has 142 valence electrons. The van der Waals surface area contributed by atoms with E-state index in [1.807, 2.05) is 0 Å². The Kier molecular flexibility index (Phi) is 6.15. The molecule has 1 aliphatic heterocycles. The molecule has 2 N–H and O–H groups in total. The standard InChI is InChI=1S/C19H16ClN5O2S/c1-2-6-22-18(27)14-8-12(3-4-15(14)20)16-9-23-19(28-16)24-17(26)13-5-7-25(10-13)11-21/h1,3-4,8-9,13H,5-7,10H2,(H,22,27)(H,23,24,26). The molecule has 0 aliphatic carbocycles. The van der Waals surface area contributed by atoms with Crippen molar-refractivity contribution in [3.8, 4) is 29.0 Å². The zero-order chi connectivity index (χ0) is 20.1. The lowest BCUT2D eigenvalue weighted by Gasteiger charge is -2.08. The largest absolute Gasteiger partial charge is 0.341 e. The number of rotatable bonds is 5. The van der Waals surface area contributed by atoms with Crippen LogP contribution in [0.25, 0.3) is 10.4 Å². The number of benzene rings is 1. The van der Waals surface area contributed by atoms with Gasteiger partial charge in [-0.15, -0.1) is 6.42 Å². The van der Waals surface area contributed by atoms with Crippen LogP contribution in [-0.4, -0.2) is 41.3 Å². The number of likely N-dealkylation sites (tertiary alicyclic amines) is 1. The van der Waals surface area contributed by atoms with E-state index in [1.54, 1.807) is 29.3 Å². The average molecular weight is 414 g/mol. The van der Waals surface area contributed by atoms with Gasteiger partial charge in [0.2, 0.25) is 5.91 Å². The smallest absolute Gasteiger partial charge is 0.253 e. The van der Waals surface area contributed by atoms with Gasteiger partial charge >= 0.3 is 0 Å². The maximum Gasteiger partial charge on any atom is 0.253 e. The minimum atomic E-state index is -0.355. The number of nitrogens with one attached hydrogen (secondary N) is 2. The van der Waals surface area contributed by atoms with E-state index in [1.165, 1.54) is 11.3 Å². The van der Waals surface area contributed by atoms with Crippen molar-refractivity contribution in [1.82, 2.24) is 15.2 Å². The Hall–Kier alpha value is -3.07. The number of aromatic nitrogens is 1. The highest BCUT2D eigenvalue weighted by Crippen LogP contribution is 2.32. The molecular formula is C19H16ClN5O2S. The van der Waals surface area contributed by atoms with Crippen LogP contribution in [-0.2, 0) is 4.79 Å². The van der Waals surface area contributed by atoms with Gasteiger partial charge in [0.1, 0.15) is 0 Å². The van der Waals surface area contributed by atoms with Gasteiger partial charge in [-0.1, -0.05) is 34.9 Å². The predicted molar refractivity (Wildman–Crippen MR) is 108 cm³/mol. The number of nitrogens with zero attached hydrogens (tertiary/aromatic N) is 3. The van der Waals surface area contributed by atoms with Gasteiger partial charge in [-0.3, -0.25) is 9.59 Å². The van der Waals surface area contributed by atoms with Crippen LogP contribution in [0.15, 0.2) is 24.4 Å². The number of hydrogen-bond donors (Lipinski definition) is 2. The summed E-state index contributed by atoms with van der Waals surface area (Å²) >= 11 is 7.41. The van der Waals surface area contributed by atoms with Gasteiger partial charge < -0.3 is 15.5 Å². The van der Waals surface area contributed by atoms with Crippen molar-refractivity contribution in [1.29, 1.82) is 5.26 Å². The Morgan fingerprint density at radius 1 is 1.46 bits per heavy atom. The monoisotopic (exact) mass is 413 g/mol. The highest BCUT2D eigenvalue weighted by Gasteiger charge is 2.28. The quantitative estimate of drug-likeness (QED) is 0.580. The van der Waals surface area contributed by atoms with Gasteiger partial charge in [0.05, 0.1) is 27.9 Å². The number of hydrogen-bond acceptors (Lipinski definition) is 6. The third-order valence-corrected chi connectivity index (χ3v) is 5.57. The zero-order valence-electron chi connectivity index (χ0n) is 14.7. The fourth-order valence-electron chi connectivity index (χ4n) is 2.82. The molecule has 1 fully saturated rings. The zero-order valence-corrected chi connectivity index (χ0v) is 16.3. The summed E-state index contributed by atoms with van der Waals surface area (Å²) in [4.78, 5) is 31.1. The Morgan fingerprint density at radius 2 is 2.29 bits per heavy atom. The van der Waals surface area contributed by atoms with Crippen LogP contribution in [0, 0.1) is 29.7 Å². The summed E-state index contributed by atoms with van der Waals surface area (Å²) in [6, 6.07) is 5.07. The molecule has 0 saturated carbocycles. The molecule has 3 rings (SSSR count). The molecule has 1 aliphatic rings. The summed E-state index contributed by atoms with van der Waals surface area (Å²) in [5.74, 6) is 1.61. The summed E-state index contributed by atoms with van der Waals surface area (Å²) in [7, 11) is 0. The number of halogens is 1. The van der Waals surface area contributed by atoms with Gasteiger partial charge in [-0.2, -0.15) is 5.26 Å². The van der Waals surface area contributed by atoms with Gasteiger partial charge in [0.25, 0.3) is 5.91 Å². The number of carbonyl (C=O) groups is 2. The second kappa shape index (κ2) is 8.75.